The van der Waals surface area contributed by atoms with Crippen molar-refractivity contribution < 1.29 is 4.79 Å². The van der Waals surface area contributed by atoms with Gasteiger partial charge in [0.1, 0.15) is 0 Å². The van der Waals surface area contributed by atoms with Crippen molar-refractivity contribution in [1.82, 2.24) is 9.97 Å². The molecule has 0 spiro atoms. The van der Waals surface area contributed by atoms with E-state index in [4.69, 9.17) is 9.97 Å². The fraction of sp³-hybridized carbons (Fsp3) is 0.0645. The fourth-order valence-electron chi connectivity index (χ4n) is 4.44. The highest BCUT2D eigenvalue weighted by atomic mass is 32.1. The van der Waals surface area contributed by atoms with Gasteiger partial charge in [0.2, 0.25) is 0 Å². The average molecular weight is 486 g/mol. The molecule has 6 rings (SSSR count). The molecule has 0 atom stereocenters. The van der Waals surface area contributed by atoms with Crippen LogP contribution in [0.15, 0.2) is 109 Å². The monoisotopic (exact) mass is 485 g/mol. The molecule has 0 bridgehead atoms. The van der Waals surface area contributed by atoms with Crippen LogP contribution in [-0.4, -0.2) is 15.9 Å². The second-order valence-corrected chi connectivity index (χ2v) is 9.74. The van der Waals surface area contributed by atoms with Gasteiger partial charge >= 0.3 is 0 Å². The molecule has 0 aliphatic carbocycles. The van der Waals surface area contributed by atoms with E-state index < -0.39 is 0 Å². The zero-order chi connectivity index (χ0) is 24.5. The maximum Gasteiger partial charge on any atom is 0.261 e. The summed E-state index contributed by atoms with van der Waals surface area (Å²) in [4.78, 5) is 26.0. The van der Waals surface area contributed by atoms with E-state index in [2.05, 4.69) is 19.1 Å². The lowest BCUT2D eigenvalue weighted by Crippen LogP contribution is -2.30. The van der Waals surface area contributed by atoms with Crippen LogP contribution in [0.4, 0.5) is 5.13 Å². The first-order chi connectivity index (χ1) is 17.7. The molecule has 4 aromatic carbocycles. The molecule has 174 valence electrons. The molecule has 4 nitrogen and oxygen atoms in total. The molecule has 0 aliphatic heterocycles. The third-order valence-electron chi connectivity index (χ3n) is 6.29. The van der Waals surface area contributed by atoms with E-state index >= 15 is 0 Å². The number of carbonyl (C=O) groups is 1. The summed E-state index contributed by atoms with van der Waals surface area (Å²) in [5.74, 6) is -0.0913. The van der Waals surface area contributed by atoms with Crippen LogP contribution in [0.5, 0.6) is 0 Å². The van der Waals surface area contributed by atoms with Gasteiger partial charge in [-0.2, -0.15) is 0 Å². The minimum atomic E-state index is -0.0913. The van der Waals surface area contributed by atoms with Crippen LogP contribution in [0.2, 0.25) is 0 Å². The van der Waals surface area contributed by atoms with Gasteiger partial charge in [-0.25, -0.2) is 9.97 Å². The predicted octanol–water partition coefficient (Wildman–Crippen LogP) is 7.67. The van der Waals surface area contributed by atoms with Crippen LogP contribution in [0.3, 0.4) is 0 Å². The number of para-hydroxylation sites is 2. The topological polar surface area (TPSA) is 46.1 Å². The molecule has 0 aliphatic rings. The summed E-state index contributed by atoms with van der Waals surface area (Å²) < 4.78 is 1.07. The number of aromatic nitrogens is 2. The minimum Gasteiger partial charge on any atom is -0.279 e. The molecule has 1 amide bonds. The van der Waals surface area contributed by atoms with Crippen molar-refractivity contribution in [3.05, 3.63) is 126 Å². The Morgan fingerprint density at radius 1 is 0.806 bits per heavy atom. The lowest BCUT2D eigenvalue weighted by atomic mass is 10.0. The molecule has 0 saturated heterocycles. The van der Waals surface area contributed by atoms with E-state index in [1.54, 1.807) is 16.2 Å². The molecule has 0 N–H and O–H groups in total. The fourth-order valence-corrected chi connectivity index (χ4v) is 5.48. The number of benzene rings is 4. The van der Waals surface area contributed by atoms with Crippen molar-refractivity contribution in [1.29, 1.82) is 0 Å². The van der Waals surface area contributed by atoms with Gasteiger partial charge in [-0.1, -0.05) is 102 Å². The molecule has 36 heavy (non-hydrogen) atoms. The lowest BCUT2D eigenvalue weighted by Gasteiger charge is -2.21. The largest absolute Gasteiger partial charge is 0.279 e. The lowest BCUT2D eigenvalue weighted by molar-refractivity contribution is 0.0986. The maximum absolute atomic E-state index is 14.4. The summed E-state index contributed by atoms with van der Waals surface area (Å²) >= 11 is 1.55. The Morgan fingerprint density at radius 2 is 1.53 bits per heavy atom. The summed E-state index contributed by atoms with van der Waals surface area (Å²) in [7, 11) is 0. The van der Waals surface area contributed by atoms with Crippen LogP contribution in [0.1, 0.15) is 21.5 Å². The van der Waals surface area contributed by atoms with Gasteiger partial charge in [-0.3, -0.25) is 9.69 Å². The normalized spacial score (nSPS) is 11.1. The Kier molecular flexibility index (Phi) is 5.76. The first-order valence-corrected chi connectivity index (χ1v) is 12.7. The van der Waals surface area contributed by atoms with Gasteiger partial charge in [-0.15, -0.1) is 0 Å². The Labute approximate surface area is 213 Å². The molecule has 5 heteroatoms. The smallest absolute Gasteiger partial charge is 0.261 e. The third-order valence-corrected chi connectivity index (χ3v) is 7.33. The Balaban J connectivity index is 1.53. The number of amides is 1. The van der Waals surface area contributed by atoms with E-state index in [-0.39, 0.29) is 5.91 Å². The number of hydrogen-bond acceptors (Lipinski definition) is 4. The van der Waals surface area contributed by atoms with Crippen LogP contribution < -0.4 is 4.90 Å². The standard InChI is InChI=1S/C31H23N3OS/c1-21-11-10-18-28-29(21)33-31(36-28)34(20-22-12-4-2-5-13-22)30(35)25-19-27(23-14-6-3-7-15-23)32-26-17-9-8-16-24(25)26/h2-19H,20H2,1H3. The van der Waals surface area contributed by atoms with E-state index in [0.29, 0.717) is 17.2 Å². The zero-order valence-electron chi connectivity index (χ0n) is 19.8. The Hall–Kier alpha value is -4.35. The van der Waals surface area contributed by atoms with E-state index in [9.17, 15) is 4.79 Å². The summed E-state index contributed by atoms with van der Waals surface area (Å²) in [6, 6.07) is 35.9. The molecule has 0 fully saturated rings. The van der Waals surface area contributed by atoms with Crippen LogP contribution in [0.25, 0.3) is 32.4 Å². The van der Waals surface area contributed by atoms with Gasteiger partial charge in [0.15, 0.2) is 5.13 Å². The van der Waals surface area contributed by atoms with Crippen molar-refractivity contribution in [3.63, 3.8) is 0 Å². The van der Waals surface area contributed by atoms with Crippen LogP contribution in [0, 0.1) is 6.92 Å². The summed E-state index contributed by atoms with van der Waals surface area (Å²) in [6.45, 7) is 2.48. The van der Waals surface area contributed by atoms with Crippen molar-refractivity contribution in [2.75, 3.05) is 4.90 Å². The zero-order valence-corrected chi connectivity index (χ0v) is 20.6. The molecular weight excluding hydrogens is 462 g/mol. The van der Waals surface area contributed by atoms with Gasteiger partial charge in [0.05, 0.1) is 33.5 Å². The number of carbonyl (C=O) groups excluding carboxylic acids is 1. The quantitative estimate of drug-likeness (QED) is 0.252. The molecule has 2 aromatic heterocycles. The molecule has 6 aromatic rings. The summed E-state index contributed by atoms with van der Waals surface area (Å²) in [5, 5.41) is 1.52. The van der Waals surface area contributed by atoms with Crippen LogP contribution in [-0.2, 0) is 6.54 Å². The number of hydrogen-bond donors (Lipinski definition) is 0. The number of pyridine rings is 1. The molecule has 0 saturated carbocycles. The summed E-state index contributed by atoms with van der Waals surface area (Å²) in [6.07, 6.45) is 0. The minimum absolute atomic E-state index is 0.0913. The number of anilines is 1. The van der Waals surface area contributed by atoms with Crippen molar-refractivity contribution in [3.8, 4) is 11.3 Å². The number of rotatable bonds is 5. The number of thiazole rings is 1. The average Bonchev–Trinajstić information content (AvgIpc) is 3.37. The van der Waals surface area contributed by atoms with E-state index in [1.165, 1.54) is 0 Å². The number of nitrogens with zero attached hydrogens (tertiary/aromatic N) is 3. The highest BCUT2D eigenvalue weighted by Crippen LogP contribution is 2.34. The molecule has 0 unspecified atom stereocenters. The van der Waals surface area contributed by atoms with Crippen molar-refractivity contribution >= 4 is 43.5 Å². The highest BCUT2D eigenvalue weighted by molar-refractivity contribution is 7.22. The summed E-state index contributed by atoms with van der Waals surface area (Å²) in [5.41, 5.74) is 6.24. The Bertz CT molecular complexity index is 1690. The molecule has 0 radical (unpaired) electrons. The van der Waals surface area contributed by atoms with Gasteiger partial charge in [-0.05, 0) is 36.2 Å². The SMILES string of the molecule is Cc1cccc2sc(N(Cc3ccccc3)C(=O)c3cc(-c4ccccc4)nc4ccccc34)nc12. The Morgan fingerprint density at radius 3 is 2.31 bits per heavy atom. The number of aryl methyl sites for hydroxylation is 1. The first kappa shape index (κ1) is 22.1. The van der Waals surface area contributed by atoms with Crippen molar-refractivity contribution in [2.45, 2.75) is 13.5 Å². The maximum atomic E-state index is 14.4. The van der Waals surface area contributed by atoms with E-state index in [1.807, 2.05) is 97.1 Å². The van der Waals surface area contributed by atoms with Gasteiger partial charge in [0, 0.05) is 10.9 Å². The van der Waals surface area contributed by atoms with Gasteiger partial charge < -0.3 is 0 Å². The van der Waals surface area contributed by atoms with E-state index in [0.717, 1.165) is 43.5 Å². The second kappa shape index (κ2) is 9.36. The number of fused-ring (bicyclic) bond motifs is 2. The third kappa shape index (κ3) is 4.14. The molecular formula is C31H23N3OS. The highest BCUT2D eigenvalue weighted by Gasteiger charge is 2.25. The van der Waals surface area contributed by atoms with Crippen molar-refractivity contribution in [2.24, 2.45) is 0 Å². The first-order valence-electron chi connectivity index (χ1n) is 11.8. The predicted molar refractivity (Wildman–Crippen MR) is 148 cm³/mol. The van der Waals surface area contributed by atoms with Crippen LogP contribution >= 0.6 is 11.3 Å². The molecule has 2 heterocycles. The van der Waals surface area contributed by atoms with Gasteiger partial charge in [0.25, 0.3) is 5.91 Å². The second-order valence-electron chi connectivity index (χ2n) is 8.73.